The molecule has 0 saturated carbocycles. The zero-order chi connectivity index (χ0) is 71.2. The molecule has 22 rings (SSSR count). The summed E-state index contributed by atoms with van der Waals surface area (Å²) >= 11 is 0. The molecular weight excluding hydrogens is 1320 g/mol. The zero-order valence-corrected chi connectivity index (χ0v) is 58.7. The van der Waals surface area contributed by atoms with Crippen LogP contribution < -0.4 is 0 Å². The van der Waals surface area contributed by atoms with Crippen LogP contribution in [0.15, 0.2) is 394 Å². The molecule has 0 aliphatic rings. The summed E-state index contributed by atoms with van der Waals surface area (Å²) < 4.78 is 9.27. The van der Waals surface area contributed by atoms with Crippen LogP contribution in [0.4, 0.5) is 0 Å². The highest BCUT2D eigenvalue weighted by Crippen LogP contribution is 2.43. The van der Waals surface area contributed by atoms with E-state index in [4.69, 9.17) is 15.0 Å². The number of aromatic nitrogens is 7. The third-order valence-corrected chi connectivity index (χ3v) is 21.7. The minimum atomic E-state index is 0. The number of hydrogen-bond acceptors (Lipinski definition) is 3. The number of hydrogen-bond donors (Lipinski definition) is 0. The van der Waals surface area contributed by atoms with Gasteiger partial charge in [0.1, 0.15) is 5.82 Å². The van der Waals surface area contributed by atoms with Gasteiger partial charge in [0.25, 0.3) is 0 Å². The van der Waals surface area contributed by atoms with Gasteiger partial charge in [0.2, 0.25) is 5.95 Å². The van der Waals surface area contributed by atoms with Gasteiger partial charge in [0.15, 0.2) is 0 Å². The quantitative estimate of drug-likeness (QED) is 0.137. The van der Waals surface area contributed by atoms with E-state index in [1.807, 2.05) is 12.1 Å². The molecule has 0 spiro atoms. The molecule has 7 nitrogen and oxygen atoms in total. The second-order valence-corrected chi connectivity index (χ2v) is 27.8. The second kappa shape index (κ2) is 26.6. The van der Waals surface area contributed by atoms with Crippen LogP contribution in [0.1, 0.15) is 7.43 Å². The summed E-state index contributed by atoms with van der Waals surface area (Å²) in [7, 11) is 0. The first kappa shape index (κ1) is 64.1. The average molecular weight is 1390 g/mol. The van der Waals surface area contributed by atoms with Crippen molar-refractivity contribution in [2.75, 3.05) is 0 Å². The van der Waals surface area contributed by atoms with Crippen molar-refractivity contribution >= 4 is 109 Å². The lowest BCUT2D eigenvalue weighted by molar-refractivity contribution is 1.01. The topological polar surface area (TPSA) is 58.4 Å². The van der Waals surface area contributed by atoms with Crippen LogP contribution in [-0.4, -0.2) is 33.2 Å². The zero-order valence-electron chi connectivity index (χ0n) is 58.7. The van der Waals surface area contributed by atoms with E-state index < -0.39 is 0 Å². The van der Waals surface area contributed by atoms with E-state index in [0.29, 0.717) is 5.95 Å². The van der Waals surface area contributed by atoms with Gasteiger partial charge >= 0.3 is 0 Å². The maximum Gasteiger partial charge on any atom is 0.235 e. The van der Waals surface area contributed by atoms with Gasteiger partial charge < -0.3 is 9.13 Å². The molecule has 0 radical (unpaired) electrons. The Morgan fingerprint density at radius 1 is 0.174 bits per heavy atom. The van der Waals surface area contributed by atoms with Crippen LogP contribution in [0.2, 0.25) is 0 Å². The smallest absolute Gasteiger partial charge is 0.235 e. The predicted molar refractivity (Wildman–Crippen MR) is 458 cm³/mol. The maximum atomic E-state index is 5.32. The van der Waals surface area contributed by atoms with Crippen LogP contribution >= 0.6 is 0 Å². The van der Waals surface area contributed by atoms with Crippen molar-refractivity contribution in [2.45, 2.75) is 7.43 Å². The third-order valence-electron chi connectivity index (χ3n) is 21.7. The number of fused-ring (bicyclic) bond motifs is 14. The van der Waals surface area contributed by atoms with E-state index in [1.54, 1.807) is 0 Å². The van der Waals surface area contributed by atoms with Crippen molar-refractivity contribution in [3.63, 3.8) is 0 Å². The van der Waals surface area contributed by atoms with Crippen LogP contribution in [0.25, 0.3) is 199 Å². The van der Waals surface area contributed by atoms with Crippen LogP contribution in [-0.2, 0) is 0 Å². The van der Waals surface area contributed by atoms with Crippen molar-refractivity contribution in [2.24, 2.45) is 0 Å². The standard InChI is InChI=1S/C51H33N3.C50H32N4.CH4/c1-3-14-34(15-4-1)35-16-13-17-38(30-35)43-33-51(52-46-23-10-7-20-40(43)46)54-48-25-12-9-22-42(48)45-32-37(27-29-50(45)54)36-26-28-49-44(31-36)41-21-8-11-24-47(41)53(49)39-18-5-2-6-19-39;1-3-13-35(14-4-1)49-41-19-7-10-20-44(41)51-50(52-49)54-46-22-12-9-18-40(46)43-32-37(28-30-48(43)54)34-25-23-33(24-26-34)36-27-29-47-42(31-36)39-17-8-11-21-45(39)53(47)38-15-5-2-6-16-38;/h1-33H;1-32H;1H4. The maximum absolute atomic E-state index is 5.32. The highest BCUT2D eigenvalue weighted by Gasteiger charge is 2.22. The molecule has 0 amide bonds. The normalized spacial score (nSPS) is 11.6. The van der Waals surface area contributed by atoms with E-state index in [2.05, 4.69) is 400 Å². The van der Waals surface area contributed by atoms with E-state index in [1.165, 1.54) is 132 Å². The molecule has 16 aromatic carbocycles. The molecule has 0 bridgehead atoms. The Labute approximate surface area is 630 Å². The Morgan fingerprint density at radius 2 is 0.486 bits per heavy atom. The van der Waals surface area contributed by atoms with E-state index in [-0.39, 0.29) is 7.43 Å². The van der Waals surface area contributed by atoms with Crippen LogP contribution in [0.3, 0.4) is 0 Å². The minimum Gasteiger partial charge on any atom is -0.309 e. The van der Waals surface area contributed by atoms with Crippen molar-refractivity contribution < 1.29 is 0 Å². The summed E-state index contributed by atoms with van der Waals surface area (Å²) in [6.07, 6.45) is 0. The SMILES string of the molecule is C.c1ccc(-c2cccc(-c3cc(-n4c5ccccc5c5cc(-c6ccc7c(c6)c6ccccc6n7-c6ccccc6)ccc54)nc4ccccc34)c2)cc1.c1ccc(-c2nc(-n3c4ccccc4c4cc(-c5ccc(-c6ccc7c(c6)c6ccccc6n7-c6ccccc6)cc5)ccc43)nc3ccccc23)cc1. The van der Waals surface area contributed by atoms with Crippen molar-refractivity contribution in [3.8, 4) is 90.0 Å². The fourth-order valence-electron chi connectivity index (χ4n) is 16.6. The Hall–Kier alpha value is -14.5. The van der Waals surface area contributed by atoms with Gasteiger partial charge in [-0.25, -0.2) is 15.0 Å². The molecule has 0 aliphatic heterocycles. The van der Waals surface area contributed by atoms with Gasteiger partial charge in [0, 0.05) is 70.8 Å². The number of benzene rings is 16. The van der Waals surface area contributed by atoms with Crippen LogP contribution in [0, 0.1) is 0 Å². The molecule has 512 valence electrons. The highest BCUT2D eigenvalue weighted by molar-refractivity contribution is 6.15. The second-order valence-electron chi connectivity index (χ2n) is 27.8. The lowest BCUT2D eigenvalue weighted by Gasteiger charge is -2.14. The molecule has 0 unspecified atom stereocenters. The monoisotopic (exact) mass is 1390 g/mol. The van der Waals surface area contributed by atoms with Gasteiger partial charge in [-0.3, -0.25) is 9.13 Å². The fraction of sp³-hybridized carbons (Fsp3) is 0.00980. The van der Waals surface area contributed by atoms with Gasteiger partial charge in [-0.1, -0.05) is 280 Å². The van der Waals surface area contributed by atoms with Crippen molar-refractivity contribution in [1.29, 1.82) is 0 Å². The molecule has 0 fully saturated rings. The van der Waals surface area contributed by atoms with E-state index in [0.717, 1.165) is 60.9 Å². The van der Waals surface area contributed by atoms with Gasteiger partial charge in [-0.15, -0.1) is 0 Å². The first-order valence-corrected chi connectivity index (χ1v) is 36.8. The lowest BCUT2D eigenvalue weighted by Crippen LogP contribution is -2.03. The first-order valence-electron chi connectivity index (χ1n) is 36.8. The summed E-state index contributed by atoms with van der Waals surface area (Å²) in [4.78, 5) is 15.7. The first-order chi connectivity index (χ1) is 53.6. The Bertz CT molecular complexity index is 7270. The highest BCUT2D eigenvalue weighted by atomic mass is 15.2. The molecule has 6 aromatic heterocycles. The molecule has 0 atom stereocenters. The Kier molecular flexibility index (Phi) is 15.6. The summed E-state index contributed by atoms with van der Waals surface area (Å²) in [6.45, 7) is 0. The number of para-hydroxylation sites is 8. The molecule has 109 heavy (non-hydrogen) atoms. The number of nitrogens with zero attached hydrogens (tertiary/aromatic N) is 7. The summed E-state index contributed by atoms with van der Waals surface area (Å²) in [5.41, 5.74) is 27.4. The van der Waals surface area contributed by atoms with Crippen LogP contribution in [0.5, 0.6) is 0 Å². The van der Waals surface area contributed by atoms with Crippen molar-refractivity contribution in [3.05, 3.63) is 394 Å². The predicted octanol–water partition coefficient (Wildman–Crippen LogP) is 26.9. The molecular formula is C102H69N7. The minimum absolute atomic E-state index is 0. The Balaban J connectivity index is 0.000000142. The summed E-state index contributed by atoms with van der Waals surface area (Å²) in [5, 5.41) is 11.9. The van der Waals surface area contributed by atoms with Gasteiger partial charge in [0.05, 0.1) is 60.9 Å². The number of rotatable bonds is 10. The lowest BCUT2D eigenvalue weighted by atomic mass is 9.96. The molecule has 0 saturated heterocycles. The van der Waals surface area contributed by atoms with E-state index >= 15 is 0 Å². The van der Waals surface area contributed by atoms with Gasteiger partial charge in [-0.2, -0.15) is 0 Å². The van der Waals surface area contributed by atoms with Gasteiger partial charge in [-0.05, 0) is 177 Å². The average Bonchev–Trinajstić information content (AvgIpc) is 1.58. The summed E-state index contributed by atoms with van der Waals surface area (Å²) in [5.74, 6) is 1.57. The molecule has 0 aliphatic carbocycles. The number of pyridine rings is 1. The molecule has 22 aromatic rings. The molecule has 6 heterocycles. The molecule has 7 heteroatoms. The van der Waals surface area contributed by atoms with E-state index in [9.17, 15) is 0 Å². The largest absolute Gasteiger partial charge is 0.309 e. The third kappa shape index (κ3) is 10.9. The van der Waals surface area contributed by atoms with Crippen molar-refractivity contribution in [1.82, 2.24) is 33.2 Å². The Morgan fingerprint density at radius 3 is 0.972 bits per heavy atom. The summed E-state index contributed by atoms with van der Waals surface area (Å²) in [6, 6.07) is 141. The molecule has 0 N–H and O–H groups in total. The fourth-order valence-corrected chi connectivity index (χ4v) is 16.6.